The molecule has 1 amide bonds. The first-order chi connectivity index (χ1) is 12.5. The first kappa shape index (κ1) is 16.3. The molecule has 2 aromatic heterocycles. The second-order valence-corrected chi connectivity index (χ2v) is 6.46. The van der Waals surface area contributed by atoms with E-state index in [1.807, 2.05) is 13.0 Å². The van der Waals surface area contributed by atoms with Crippen LogP contribution < -0.4 is 16.0 Å². The van der Waals surface area contributed by atoms with E-state index in [0.29, 0.717) is 28.5 Å². The van der Waals surface area contributed by atoms with Gasteiger partial charge in [0.1, 0.15) is 23.0 Å². The van der Waals surface area contributed by atoms with E-state index < -0.39 is 0 Å². The summed E-state index contributed by atoms with van der Waals surface area (Å²) in [6.07, 6.45) is 3.52. The summed E-state index contributed by atoms with van der Waals surface area (Å²) in [5.41, 5.74) is 2.24. The number of carbonyl (C=O) groups excluding carboxylic acids is 1. The zero-order valence-electron chi connectivity index (χ0n) is 14.5. The number of nitrogens with zero attached hydrogens (tertiary/aromatic N) is 3. The number of hydrogen-bond acceptors (Lipinski definition) is 5. The Morgan fingerprint density at radius 1 is 1.27 bits per heavy atom. The van der Waals surface area contributed by atoms with E-state index in [1.165, 1.54) is 18.3 Å². The lowest BCUT2D eigenvalue weighted by molar-refractivity contribution is 0.0952. The van der Waals surface area contributed by atoms with Crippen LogP contribution in [0.3, 0.4) is 0 Å². The zero-order valence-corrected chi connectivity index (χ0v) is 14.5. The minimum absolute atomic E-state index is 0.184. The maximum Gasteiger partial charge on any atom is 0.256 e. The maximum atomic E-state index is 13.6. The molecule has 1 aliphatic carbocycles. The molecule has 0 bridgehead atoms. The number of fused-ring (bicyclic) bond motifs is 1. The smallest absolute Gasteiger partial charge is 0.256 e. The molecule has 1 aliphatic rings. The fraction of sp³-hybridized carbons (Fsp3) is 0.278. The Hall–Kier alpha value is -3.16. The second kappa shape index (κ2) is 6.29. The molecule has 3 N–H and O–H groups in total. The highest BCUT2D eigenvalue weighted by Crippen LogP contribution is 2.24. The van der Waals surface area contributed by atoms with Crippen LogP contribution in [0, 0.1) is 12.7 Å². The van der Waals surface area contributed by atoms with Crippen molar-refractivity contribution in [3.8, 4) is 0 Å². The highest BCUT2D eigenvalue weighted by atomic mass is 19.1. The molecule has 0 radical (unpaired) electrons. The fourth-order valence-electron chi connectivity index (χ4n) is 2.81. The van der Waals surface area contributed by atoms with Gasteiger partial charge in [0.05, 0.1) is 6.20 Å². The van der Waals surface area contributed by atoms with Crippen molar-refractivity contribution in [2.24, 2.45) is 0 Å². The van der Waals surface area contributed by atoms with Gasteiger partial charge in [-0.25, -0.2) is 9.37 Å². The largest absolute Gasteiger partial charge is 0.373 e. The molecule has 4 rings (SSSR count). The Labute approximate surface area is 149 Å². The van der Waals surface area contributed by atoms with Crippen LogP contribution >= 0.6 is 0 Å². The second-order valence-electron chi connectivity index (χ2n) is 6.46. The lowest BCUT2D eigenvalue weighted by atomic mass is 10.2. The van der Waals surface area contributed by atoms with Gasteiger partial charge in [-0.15, -0.1) is 0 Å². The highest BCUT2D eigenvalue weighted by molar-refractivity contribution is 6.00. The van der Waals surface area contributed by atoms with Gasteiger partial charge in [-0.3, -0.25) is 4.79 Å². The summed E-state index contributed by atoms with van der Waals surface area (Å²) in [4.78, 5) is 16.9. The number of aromatic nitrogens is 3. The van der Waals surface area contributed by atoms with Crippen LogP contribution in [0.5, 0.6) is 0 Å². The Kier molecular flexibility index (Phi) is 3.95. The van der Waals surface area contributed by atoms with Gasteiger partial charge in [-0.2, -0.15) is 9.61 Å². The van der Waals surface area contributed by atoms with Crippen LogP contribution in [0.4, 0.5) is 21.7 Å². The third-order valence-corrected chi connectivity index (χ3v) is 4.20. The van der Waals surface area contributed by atoms with E-state index in [0.717, 1.165) is 18.4 Å². The van der Waals surface area contributed by atoms with Gasteiger partial charge >= 0.3 is 0 Å². The fourth-order valence-corrected chi connectivity index (χ4v) is 2.81. The monoisotopic (exact) mass is 354 g/mol. The number of nitrogens with one attached hydrogen (secondary N) is 3. The predicted octanol–water partition coefficient (Wildman–Crippen LogP) is 2.85. The minimum atomic E-state index is -0.323. The molecular formula is C18H19FN6O. The molecule has 0 saturated heterocycles. The first-order valence-corrected chi connectivity index (χ1v) is 8.45. The number of carbonyl (C=O) groups is 1. The molecule has 0 spiro atoms. The summed E-state index contributed by atoms with van der Waals surface area (Å²) in [6.45, 7) is 1.82. The van der Waals surface area contributed by atoms with Crippen molar-refractivity contribution in [2.45, 2.75) is 25.8 Å². The number of anilines is 3. The van der Waals surface area contributed by atoms with Gasteiger partial charge in [0.15, 0.2) is 5.65 Å². The van der Waals surface area contributed by atoms with Gasteiger partial charge in [0, 0.05) is 24.8 Å². The van der Waals surface area contributed by atoms with Gasteiger partial charge in [0.2, 0.25) is 0 Å². The van der Waals surface area contributed by atoms with Gasteiger partial charge in [0.25, 0.3) is 5.91 Å². The lowest BCUT2D eigenvalue weighted by Crippen LogP contribution is -2.25. The molecular weight excluding hydrogens is 335 g/mol. The highest BCUT2D eigenvalue weighted by Gasteiger charge is 2.26. The third-order valence-electron chi connectivity index (χ3n) is 4.20. The van der Waals surface area contributed by atoms with Gasteiger partial charge in [-0.05, 0) is 43.5 Å². The summed E-state index contributed by atoms with van der Waals surface area (Å²) in [7, 11) is 1.76. The molecule has 0 unspecified atom stereocenters. The van der Waals surface area contributed by atoms with Crippen LogP contribution in [-0.4, -0.2) is 33.6 Å². The molecule has 0 aliphatic heterocycles. The van der Waals surface area contributed by atoms with Crippen molar-refractivity contribution in [2.75, 3.05) is 17.7 Å². The van der Waals surface area contributed by atoms with Crippen molar-refractivity contribution in [1.82, 2.24) is 19.9 Å². The van der Waals surface area contributed by atoms with Crippen LogP contribution in [0.15, 0.2) is 30.5 Å². The standard InChI is InChI=1S/C18H19FN6O/c1-10-5-11(19)7-13(6-10)22-15-8-16(20-2)25-17(24-15)14(9-21-25)18(26)23-12-3-4-12/h5-9,12,20H,3-4H2,1-2H3,(H,22,24)(H,23,26). The van der Waals surface area contributed by atoms with Crippen molar-refractivity contribution >= 4 is 28.9 Å². The van der Waals surface area contributed by atoms with Gasteiger partial charge < -0.3 is 16.0 Å². The molecule has 0 atom stereocenters. The molecule has 8 heteroatoms. The summed E-state index contributed by atoms with van der Waals surface area (Å²) in [6, 6.07) is 6.68. The average Bonchev–Trinajstić information content (AvgIpc) is 3.29. The molecule has 1 fully saturated rings. The third kappa shape index (κ3) is 3.17. The SMILES string of the molecule is CNc1cc(Nc2cc(C)cc(F)c2)nc2c(C(=O)NC3CC3)cnn12. The van der Waals surface area contributed by atoms with E-state index in [4.69, 9.17) is 0 Å². The predicted molar refractivity (Wildman–Crippen MR) is 97.4 cm³/mol. The number of halogens is 1. The Balaban J connectivity index is 1.73. The van der Waals surface area contributed by atoms with E-state index in [1.54, 1.807) is 17.6 Å². The van der Waals surface area contributed by atoms with Crippen LogP contribution in [0.25, 0.3) is 5.65 Å². The summed E-state index contributed by atoms with van der Waals surface area (Å²) in [5.74, 6) is 0.649. The number of benzene rings is 1. The Morgan fingerprint density at radius 3 is 2.77 bits per heavy atom. The minimum Gasteiger partial charge on any atom is -0.373 e. The normalized spacial score (nSPS) is 13.7. The van der Waals surface area contributed by atoms with Crippen molar-refractivity contribution in [3.05, 3.63) is 47.4 Å². The van der Waals surface area contributed by atoms with Crippen molar-refractivity contribution in [1.29, 1.82) is 0 Å². The maximum absolute atomic E-state index is 13.6. The Morgan fingerprint density at radius 2 is 2.08 bits per heavy atom. The van der Waals surface area contributed by atoms with Gasteiger partial charge in [-0.1, -0.05) is 0 Å². The number of amides is 1. The molecule has 1 aromatic carbocycles. The van der Waals surface area contributed by atoms with E-state index >= 15 is 0 Å². The van der Waals surface area contributed by atoms with Crippen LogP contribution in [0.2, 0.25) is 0 Å². The topological polar surface area (TPSA) is 83.3 Å². The molecule has 134 valence electrons. The summed E-state index contributed by atoms with van der Waals surface area (Å²) < 4.78 is 15.2. The van der Waals surface area contributed by atoms with E-state index in [2.05, 4.69) is 26.0 Å². The molecule has 3 aromatic rings. The molecule has 7 nitrogen and oxygen atoms in total. The van der Waals surface area contributed by atoms with Crippen LogP contribution in [-0.2, 0) is 0 Å². The molecule has 1 saturated carbocycles. The molecule has 2 heterocycles. The van der Waals surface area contributed by atoms with Crippen molar-refractivity contribution in [3.63, 3.8) is 0 Å². The first-order valence-electron chi connectivity index (χ1n) is 8.45. The summed E-state index contributed by atoms with van der Waals surface area (Å²) >= 11 is 0. The number of aryl methyl sites for hydroxylation is 1. The average molecular weight is 354 g/mol. The van der Waals surface area contributed by atoms with E-state index in [-0.39, 0.29) is 17.8 Å². The molecule has 26 heavy (non-hydrogen) atoms. The van der Waals surface area contributed by atoms with Crippen LogP contribution in [0.1, 0.15) is 28.8 Å². The summed E-state index contributed by atoms with van der Waals surface area (Å²) in [5, 5.41) is 13.3. The number of hydrogen-bond donors (Lipinski definition) is 3. The quantitative estimate of drug-likeness (QED) is 0.656. The Bertz CT molecular complexity index is 975. The lowest BCUT2D eigenvalue weighted by Gasteiger charge is -2.11. The number of rotatable bonds is 5. The van der Waals surface area contributed by atoms with Crippen molar-refractivity contribution < 1.29 is 9.18 Å². The van der Waals surface area contributed by atoms with E-state index in [9.17, 15) is 9.18 Å². The zero-order chi connectivity index (χ0) is 18.3.